The Bertz CT molecular complexity index is 562. The van der Waals surface area contributed by atoms with Gasteiger partial charge >= 0.3 is 0 Å². The third kappa shape index (κ3) is 3.79. The lowest BCUT2D eigenvalue weighted by molar-refractivity contribution is 0.355. The molecule has 22 heavy (non-hydrogen) atoms. The molecule has 1 aliphatic heterocycles. The summed E-state index contributed by atoms with van der Waals surface area (Å²) in [6, 6.07) is 5.84. The first-order valence-corrected chi connectivity index (χ1v) is 9.90. The number of hydrogen-bond donors (Lipinski definition) is 0. The van der Waals surface area contributed by atoms with Gasteiger partial charge in [0, 0.05) is 32.4 Å². The van der Waals surface area contributed by atoms with Crippen molar-refractivity contribution in [1.29, 1.82) is 0 Å². The van der Waals surface area contributed by atoms with E-state index in [1.165, 1.54) is 19.3 Å². The molecule has 0 amide bonds. The van der Waals surface area contributed by atoms with Crippen LogP contribution in [0.5, 0.6) is 0 Å². The molecule has 1 aromatic heterocycles. The summed E-state index contributed by atoms with van der Waals surface area (Å²) in [5.41, 5.74) is 0. The van der Waals surface area contributed by atoms with E-state index in [4.69, 9.17) is 0 Å². The fraction of sp³-hybridized carbons (Fsp3) is 0.688. The third-order valence-electron chi connectivity index (χ3n) is 4.78. The number of aromatic nitrogens is 1. The molecule has 6 heteroatoms. The maximum atomic E-state index is 12.6. The van der Waals surface area contributed by atoms with Crippen molar-refractivity contribution in [3.8, 4) is 0 Å². The van der Waals surface area contributed by atoms with Gasteiger partial charge in [-0.15, -0.1) is 0 Å². The molecule has 1 saturated heterocycles. The number of sulfonamides is 1. The number of hydrogen-bond acceptors (Lipinski definition) is 4. The van der Waals surface area contributed by atoms with E-state index >= 15 is 0 Å². The zero-order valence-electron chi connectivity index (χ0n) is 13.0. The normalized spacial score (nSPS) is 21.9. The van der Waals surface area contributed by atoms with E-state index < -0.39 is 10.0 Å². The lowest BCUT2D eigenvalue weighted by Crippen LogP contribution is -2.50. The second kappa shape index (κ2) is 6.96. The Kier molecular flexibility index (Phi) is 4.98. The molecule has 2 heterocycles. The molecule has 0 N–H and O–H groups in total. The van der Waals surface area contributed by atoms with Crippen molar-refractivity contribution in [2.24, 2.45) is 5.92 Å². The minimum absolute atomic E-state index is 0.344. The molecule has 0 aromatic carbocycles. The van der Waals surface area contributed by atoms with Gasteiger partial charge in [-0.1, -0.05) is 25.3 Å². The fourth-order valence-corrected chi connectivity index (χ4v) is 5.35. The zero-order valence-corrected chi connectivity index (χ0v) is 13.8. The molecule has 2 fully saturated rings. The van der Waals surface area contributed by atoms with E-state index in [2.05, 4.69) is 9.88 Å². The van der Waals surface area contributed by atoms with Gasteiger partial charge in [-0.25, -0.2) is 13.4 Å². The molecular weight excluding hydrogens is 298 g/mol. The van der Waals surface area contributed by atoms with Crippen molar-refractivity contribution < 1.29 is 8.42 Å². The van der Waals surface area contributed by atoms with Crippen LogP contribution < -0.4 is 4.90 Å². The van der Waals surface area contributed by atoms with Crippen molar-refractivity contribution in [1.82, 2.24) is 9.29 Å². The highest BCUT2D eigenvalue weighted by molar-refractivity contribution is 7.89. The van der Waals surface area contributed by atoms with Crippen LogP contribution in [0.1, 0.15) is 32.1 Å². The Morgan fingerprint density at radius 1 is 1.05 bits per heavy atom. The predicted octanol–water partition coefficient (Wildman–Crippen LogP) is 2.11. The van der Waals surface area contributed by atoms with Crippen LogP contribution in [0.4, 0.5) is 5.82 Å². The van der Waals surface area contributed by atoms with Gasteiger partial charge in [0.1, 0.15) is 5.82 Å². The maximum absolute atomic E-state index is 12.6. The smallest absolute Gasteiger partial charge is 0.214 e. The molecule has 0 radical (unpaired) electrons. The Morgan fingerprint density at radius 3 is 2.41 bits per heavy atom. The largest absolute Gasteiger partial charge is 0.354 e. The number of nitrogens with zero attached hydrogens (tertiary/aromatic N) is 3. The van der Waals surface area contributed by atoms with Crippen molar-refractivity contribution >= 4 is 15.8 Å². The number of rotatable bonds is 4. The molecular formula is C16H25N3O2S. The molecule has 0 bridgehead atoms. The summed E-state index contributed by atoms with van der Waals surface area (Å²) in [7, 11) is -3.10. The Morgan fingerprint density at radius 2 is 1.77 bits per heavy atom. The molecule has 0 unspecified atom stereocenters. The summed E-state index contributed by atoms with van der Waals surface area (Å²) in [5, 5.41) is 0. The highest BCUT2D eigenvalue weighted by Crippen LogP contribution is 2.26. The summed E-state index contributed by atoms with van der Waals surface area (Å²) in [4.78, 5) is 6.50. The summed E-state index contributed by atoms with van der Waals surface area (Å²) in [6.45, 7) is 2.60. The SMILES string of the molecule is O=S(=O)(CC1CCCCC1)N1CCN(c2ccccn2)CC1. The van der Waals surface area contributed by atoms with Gasteiger partial charge in [0.15, 0.2) is 0 Å². The van der Waals surface area contributed by atoms with Gasteiger partial charge in [-0.3, -0.25) is 0 Å². The molecule has 1 saturated carbocycles. The molecule has 0 atom stereocenters. The quantitative estimate of drug-likeness (QED) is 0.851. The van der Waals surface area contributed by atoms with Gasteiger partial charge in [0.05, 0.1) is 5.75 Å². The van der Waals surface area contributed by atoms with E-state index in [-0.39, 0.29) is 0 Å². The van der Waals surface area contributed by atoms with Crippen LogP contribution in [0, 0.1) is 5.92 Å². The third-order valence-corrected chi connectivity index (χ3v) is 6.82. The second-order valence-electron chi connectivity index (χ2n) is 6.36. The van der Waals surface area contributed by atoms with Crippen LogP contribution in [0.3, 0.4) is 0 Å². The van der Waals surface area contributed by atoms with Crippen molar-refractivity contribution in [3.63, 3.8) is 0 Å². The average Bonchev–Trinajstić information content (AvgIpc) is 2.56. The summed E-state index contributed by atoms with van der Waals surface area (Å²) >= 11 is 0. The van der Waals surface area contributed by atoms with Crippen molar-refractivity contribution in [2.45, 2.75) is 32.1 Å². The van der Waals surface area contributed by atoms with E-state index in [1.54, 1.807) is 10.5 Å². The summed E-state index contributed by atoms with van der Waals surface area (Å²) in [6.07, 6.45) is 7.57. The molecule has 122 valence electrons. The molecule has 1 aliphatic carbocycles. The molecule has 1 aromatic rings. The molecule has 2 aliphatic rings. The first-order valence-electron chi connectivity index (χ1n) is 8.29. The zero-order chi connectivity index (χ0) is 15.4. The number of anilines is 1. The van der Waals surface area contributed by atoms with E-state index in [0.29, 0.717) is 24.8 Å². The second-order valence-corrected chi connectivity index (χ2v) is 8.37. The minimum atomic E-state index is -3.10. The highest BCUT2D eigenvalue weighted by atomic mass is 32.2. The Balaban J connectivity index is 1.56. The standard InChI is InChI=1S/C16H25N3O2S/c20-22(21,14-15-6-2-1-3-7-15)19-12-10-18(11-13-19)16-8-4-5-9-17-16/h4-5,8-9,15H,1-3,6-7,10-14H2. The topological polar surface area (TPSA) is 53.5 Å². The van der Waals surface area contributed by atoms with Crippen molar-refractivity contribution in [2.75, 3.05) is 36.8 Å². The Labute approximate surface area is 133 Å². The first kappa shape index (κ1) is 15.7. The van der Waals surface area contributed by atoms with E-state index in [0.717, 1.165) is 31.7 Å². The van der Waals surface area contributed by atoms with Gasteiger partial charge in [-0.05, 0) is 30.9 Å². The monoisotopic (exact) mass is 323 g/mol. The average molecular weight is 323 g/mol. The van der Waals surface area contributed by atoms with Gasteiger partial charge in [0.2, 0.25) is 10.0 Å². The lowest BCUT2D eigenvalue weighted by atomic mass is 9.91. The molecule has 3 rings (SSSR count). The number of pyridine rings is 1. The van der Waals surface area contributed by atoms with E-state index in [1.807, 2.05) is 18.2 Å². The van der Waals surface area contributed by atoms with Crippen LogP contribution in [0.15, 0.2) is 24.4 Å². The minimum Gasteiger partial charge on any atom is -0.354 e. The highest BCUT2D eigenvalue weighted by Gasteiger charge is 2.30. The van der Waals surface area contributed by atoms with Crippen LogP contribution in [0.2, 0.25) is 0 Å². The fourth-order valence-electron chi connectivity index (χ4n) is 3.49. The maximum Gasteiger partial charge on any atom is 0.214 e. The molecule has 5 nitrogen and oxygen atoms in total. The van der Waals surface area contributed by atoms with Crippen LogP contribution >= 0.6 is 0 Å². The first-order chi connectivity index (χ1) is 10.6. The lowest BCUT2D eigenvalue weighted by Gasteiger charge is -2.35. The van der Waals surface area contributed by atoms with Gasteiger partial charge in [0.25, 0.3) is 0 Å². The van der Waals surface area contributed by atoms with Crippen molar-refractivity contribution in [3.05, 3.63) is 24.4 Å². The summed E-state index contributed by atoms with van der Waals surface area (Å²) < 4.78 is 26.9. The van der Waals surface area contributed by atoms with Gasteiger partial charge < -0.3 is 4.90 Å². The van der Waals surface area contributed by atoms with Gasteiger partial charge in [-0.2, -0.15) is 4.31 Å². The number of piperazine rings is 1. The predicted molar refractivity (Wildman–Crippen MR) is 88.4 cm³/mol. The molecule has 0 spiro atoms. The van der Waals surface area contributed by atoms with E-state index in [9.17, 15) is 8.42 Å². The summed E-state index contributed by atoms with van der Waals surface area (Å²) in [5.74, 6) is 1.65. The van der Waals surface area contributed by atoms with Crippen LogP contribution in [-0.2, 0) is 10.0 Å². The van der Waals surface area contributed by atoms with Crippen LogP contribution in [-0.4, -0.2) is 49.6 Å². The van der Waals surface area contributed by atoms with Crippen LogP contribution in [0.25, 0.3) is 0 Å². The Hall–Kier alpha value is -1.14.